The maximum atomic E-state index is 12.5. The summed E-state index contributed by atoms with van der Waals surface area (Å²) < 4.78 is 0. The van der Waals surface area contributed by atoms with Crippen LogP contribution in [-0.2, 0) is 4.79 Å². The molecule has 1 unspecified atom stereocenters. The van der Waals surface area contributed by atoms with E-state index in [4.69, 9.17) is 11.6 Å². The number of nitro groups is 1. The van der Waals surface area contributed by atoms with Crippen LogP contribution in [0.5, 0.6) is 0 Å². The molecular weight excluding hydrogens is 398 g/mol. The number of anilines is 1. The number of nitrogens with zero attached hydrogens (tertiary/aromatic N) is 1. The largest absolute Gasteiger partial charge is 0.379 e. The number of rotatable bonds is 8. The van der Waals surface area contributed by atoms with Crippen LogP contribution in [0, 0.1) is 10.1 Å². The van der Waals surface area contributed by atoms with Crippen LogP contribution in [0.1, 0.15) is 22.9 Å². The van der Waals surface area contributed by atoms with Crippen molar-refractivity contribution in [3.63, 3.8) is 0 Å². The van der Waals surface area contributed by atoms with Crippen molar-refractivity contribution in [1.82, 2.24) is 5.32 Å². The van der Waals surface area contributed by atoms with E-state index in [1.807, 2.05) is 29.6 Å². The summed E-state index contributed by atoms with van der Waals surface area (Å²) in [4.78, 5) is 24.1. The highest BCUT2D eigenvalue weighted by atomic mass is 35.5. The van der Waals surface area contributed by atoms with E-state index < -0.39 is 4.92 Å². The lowest BCUT2D eigenvalue weighted by Crippen LogP contribution is -2.30. The minimum Gasteiger partial charge on any atom is -0.379 e. The van der Waals surface area contributed by atoms with Crippen LogP contribution in [0.15, 0.2) is 66.0 Å². The Balaban J connectivity index is 1.63. The Bertz CT molecular complexity index is 946. The fraction of sp³-hybridized carbons (Fsp3) is 0.150. The first kappa shape index (κ1) is 19.9. The average molecular weight is 416 g/mol. The van der Waals surface area contributed by atoms with Crippen molar-refractivity contribution in [1.29, 1.82) is 0 Å². The third-order valence-electron chi connectivity index (χ3n) is 4.10. The van der Waals surface area contributed by atoms with E-state index in [1.54, 1.807) is 41.7 Å². The van der Waals surface area contributed by atoms with Gasteiger partial charge < -0.3 is 10.6 Å². The molecule has 1 atom stereocenters. The summed E-state index contributed by atoms with van der Waals surface area (Å²) in [6.07, 6.45) is 0.182. The molecule has 2 N–H and O–H groups in total. The second-order valence-electron chi connectivity index (χ2n) is 6.02. The van der Waals surface area contributed by atoms with Gasteiger partial charge in [0.15, 0.2) is 0 Å². The number of hydrogen-bond donors (Lipinski definition) is 2. The summed E-state index contributed by atoms with van der Waals surface area (Å²) in [5.41, 5.74) is 1.32. The van der Waals surface area contributed by atoms with Crippen LogP contribution < -0.4 is 10.6 Å². The molecule has 1 amide bonds. The van der Waals surface area contributed by atoms with E-state index in [0.717, 1.165) is 10.4 Å². The number of nitrogens with one attached hydrogen (secondary N) is 2. The number of thiophene rings is 1. The van der Waals surface area contributed by atoms with Crippen LogP contribution >= 0.6 is 22.9 Å². The highest BCUT2D eigenvalue weighted by molar-refractivity contribution is 7.10. The van der Waals surface area contributed by atoms with Gasteiger partial charge in [-0.05, 0) is 35.2 Å². The molecule has 0 bridgehead atoms. The third-order valence-corrected chi connectivity index (χ3v) is 5.29. The lowest BCUT2D eigenvalue weighted by atomic mass is 10.1. The molecule has 0 aliphatic carbocycles. The van der Waals surface area contributed by atoms with Crippen LogP contribution in [0.2, 0.25) is 5.02 Å². The minimum atomic E-state index is -0.449. The Hall–Kier alpha value is -2.90. The highest BCUT2D eigenvalue weighted by Gasteiger charge is 2.18. The van der Waals surface area contributed by atoms with Crippen LogP contribution in [0.3, 0.4) is 0 Å². The first-order valence-electron chi connectivity index (χ1n) is 8.60. The molecule has 0 fully saturated rings. The molecule has 2 aromatic carbocycles. The Morgan fingerprint density at radius 2 is 1.86 bits per heavy atom. The molecule has 0 aliphatic rings. The molecule has 0 radical (unpaired) electrons. The molecule has 8 heteroatoms. The van der Waals surface area contributed by atoms with Crippen molar-refractivity contribution in [2.75, 3.05) is 11.9 Å². The highest BCUT2D eigenvalue weighted by Crippen LogP contribution is 2.27. The van der Waals surface area contributed by atoms with Gasteiger partial charge >= 0.3 is 0 Å². The van der Waals surface area contributed by atoms with Crippen LogP contribution in [0.25, 0.3) is 0 Å². The number of carbonyl (C=O) groups is 1. The Morgan fingerprint density at radius 3 is 2.54 bits per heavy atom. The van der Waals surface area contributed by atoms with Gasteiger partial charge in [-0.2, -0.15) is 0 Å². The number of halogens is 1. The molecule has 1 heterocycles. The normalized spacial score (nSPS) is 11.6. The van der Waals surface area contributed by atoms with E-state index in [1.165, 1.54) is 6.07 Å². The second kappa shape index (κ2) is 9.34. The SMILES string of the molecule is O=C(CCNc1ccccc1[N+](=O)[O-])NC(c1ccc(Cl)cc1)c1cccs1. The molecule has 1 aromatic heterocycles. The number of hydrogen-bond acceptors (Lipinski definition) is 5. The van der Waals surface area contributed by atoms with Crippen molar-refractivity contribution in [3.05, 3.63) is 91.6 Å². The van der Waals surface area contributed by atoms with Crippen molar-refractivity contribution >= 4 is 40.2 Å². The molecule has 144 valence electrons. The predicted molar refractivity (Wildman–Crippen MR) is 112 cm³/mol. The molecule has 0 saturated heterocycles. The van der Waals surface area contributed by atoms with Gasteiger partial charge in [-0.25, -0.2) is 0 Å². The van der Waals surface area contributed by atoms with Gasteiger partial charge in [0.25, 0.3) is 5.69 Å². The monoisotopic (exact) mass is 415 g/mol. The van der Waals surface area contributed by atoms with Gasteiger partial charge in [0, 0.05) is 28.9 Å². The van der Waals surface area contributed by atoms with Gasteiger partial charge in [0.1, 0.15) is 5.69 Å². The summed E-state index contributed by atoms with van der Waals surface area (Å²) in [5.74, 6) is -0.153. The third kappa shape index (κ3) is 5.09. The van der Waals surface area contributed by atoms with Crippen molar-refractivity contribution < 1.29 is 9.72 Å². The fourth-order valence-corrected chi connectivity index (χ4v) is 3.68. The van der Waals surface area contributed by atoms with E-state index in [-0.39, 0.29) is 30.6 Å². The summed E-state index contributed by atoms with van der Waals surface area (Å²) in [7, 11) is 0. The van der Waals surface area contributed by atoms with E-state index >= 15 is 0 Å². The quantitative estimate of drug-likeness (QED) is 0.399. The van der Waals surface area contributed by atoms with Gasteiger partial charge in [-0.1, -0.05) is 41.9 Å². The minimum absolute atomic E-state index is 0.0134. The number of para-hydroxylation sites is 2. The number of carbonyl (C=O) groups excluding carboxylic acids is 1. The molecule has 6 nitrogen and oxygen atoms in total. The molecular formula is C20H18ClN3O3S. The van der Waals surface area contributed by atoms with E-state index in [0.29, 0.717) is 10.7 Å². The Morgan fingerprint density at radius 1 is 1.11 bits per heavy atom. The van der Waals surface area contributed by atoms with Crippen LogP contribution in [-0.4, -0.2) is 17.4 Å². The molecule has 0 saturated carbocycles. The van der Waals surface area contributed by atoms with E-state index in [2.05, 4.69) is 10.6 Å². The standard InChI is InChI=1S/C20H18ClN3O3S/c21-15-9-7-14(8-10-15)20(18-6-3-13-28-18)23-19(25)11-12-22-16-4-1-2-5-17(16)24(26)27/h1-10,13,20,22H,11-12H2,(H,23,25). The van der Waals surface area contributed by atoms with Crippen molar-refractivity contribution in [2.24, 2.45) is 0 Å². The lowest BCUT2D eigenvalue weighted by Gasteiger charge is -2.18. The maximum Gasteiger partial charge on any atom is 0.292 e. The zero-order chi connectivity index (χ0) is 19.9. The lowest BCUT2D eigenvalue weighted by molar-refractivity contribution is -0.384. The van der Waals surface area contributed by atoms with Gasteiger partial charge in [0.05, 0.1) is 11.0 Å². The first-order chi connectivity index (χ1) is 13.5. The molecule has 0 aliphatic heterocycles. The zero-order valence-corrected chi connectivity index (χ0v) is 16.4. The predicted octanol–water partition coefficient (Wildman–Crippen LogP) is 5.02. The Kier molecular flexibility index (Phi) is 6.62. The number of benzene rings is 2. The fourth-order valence-electron chi connectivity index (χ4n) is 2.76. The molecule has 0 spiro atoms. The maximum absolute atomic E-state index is 12.5. The summed E-state index contributed by atoms with van der Waals surface area (Å²) >= 11 is 7.53. The second-order valence-corrected chi connectivity index (χ2v) is 7.43. The summed E-state index contributed by atoms with van der Waals surface area (Å²) in [6, 6.07) is 17.4. The van der Waals surface area contributed by atoms with Crippen molar-refractivity contribution in [2.45, 2.75) is 12.5 Å². The molecule has 3 rings (SSSR count). The topological polar surface area (TPSA) is 84.3 Å². The summed E-state index contributed by atoms with van der Waals surface area (Å²) in [6.45, 7) is 0.286. The first-order valence-corrected chi connectivity index (χ1v) is 9.86. The van der Waals surface area contributed by atoms with Crippen LogP contribution in [0.4, 0.5) is 11.4 Å². The number of nitro benzene ring substituents is 1. The summed E-state index contributed by atoms with van der Waals surface area (Å²) in [5, 5.41) is 19.6. The molecule has 28 heavy (non-hydrogen) atoms. The van der Waals surface area contributed by atoms with E-state index in [9.17, 15) is 14.9 Å². The number of amides is 1. The zero-order valence-electron chi connectivity index (χ0n) is 14.8. The molecule has 3 aromatic rings. The average Bonchev–Trinajstić information content (AvgIpc) is 3.22. The van der Waals surface area contributed by atoms with Gasteiger partial charge in [0.2, 0.25) is 5.91 Å². The van der Waals surface area contributed by atoms with Crippen molar-refractivity contribution in [3.8, 4) is 0 Å². The van der Waals surface area contributed by atoms with Gasteiger partial charge in [-0.15, -0.1) is 11.3 Å². The van der Waals surface area contributed by atoms with Gasteiger partial charge in [-0.3, -0.25) is 14.9 Å². The smallest absolute Gasteiger partial charge is 0.292 e. The Labute approximate surface area is 171 Å².